The molecule has 5 heteroatoms. The topological polar surface area (TPSA) is 66.4 Å². The van der Waals surface area contributed by atoms with E-state index in [-0.39, 0.29) is 18.4 Å². The fourth-order valence-corrected chi connectivity index (χ4v) is 1.89. The number of rotatable bonds is 6. The Kier molecular flexibility index (Phi) is 5.83. The van der Waals surface area contributed by atoms with Gasteiger partial charge >= 0.3 is 5.97 Å². The molecule has 1 unspecified atom stereocenters. The van der Waals surface area contributed by atoms with Gasteiger partial charge in [-0.05, 0) is 36.6 Å². The number of hydrogen-bond donors (Lipinski definition) is 2. The number of nitrogens with one attached hydrogen (secondary N) is 1. The number of carboxylic acids is 1. The second-order valence-electron chi connectivity index (χ2n) is 4.88. The van der Waals surface area contributed by atoms with Crippen LogP contribution in [0.1, 0.15) is 30.6 Å². The van der Waals surface area contributed by atoms with Crippen molar-refractivity contribution in [2.24, 2.45) is 11.8 Å². The Balaban J connectivity index is 2.56. The number of benzene rings is 1. The zero-order valence-electron chi connectivity index (χ0n) is 11.0. The van der Waals surface area contributed by atoms with Crippen molar-refractivity contribution in [2.45, 2.75) is 20.3 Å². The summed E-state index contributed by atoms with van der Waals surface area (Å²) in [7, 11) is 0. The average molecular weight is 284 g/mol. The predicted octanol–water partition coefficient (Wildman–Crippen LogP) is 2.82. The van der Waals surface area contributed by atoms with E-state index >= 15 is 0 Å². The van der Waals surface area contributed by atoms with E-state index in [0.717, 1.165) is 0 Å². The summed E-state index contributed by atoms with van der Waals surface area (Å²) < 4.78 is 0. The molecule has 0 aliphatic carbocycles. The SMILES string of the molecule is CC(C)CC(CNC(=O)c1ccc(Cl)cc1)C(=O)O. The molecule has 0 radical (unpaired) electrons. The Morgan fingerprint density at radius 1 is 1.26 bits per heavy atom. The monoisotopic (exact) mass is 283 g/mol. The summed E-state index contributed by atoms with van der Waals surface area (Å²) >= 11 is 5.73. The van der Waals surface area contributed by atoms with Gasteiger partial charge in [0, 0.05) is 17.1 Å². The number of carboxylic acid groups (broad SMARTS) is 1. The molecule has 0 saturated heterocycles. The molecule has 0 heterocycles. The van der Waals surface area contributed by atoms with Crippen LogP contribution in [-0.2, 0) is 4.79 Å². The maximum absolute atomic E-state index is 11.8. The molecular weight excluding hydrogens is 266 g/mol. The average Bonchev–Trinajstić information content (AvgIpc) is 2.34. The number of carbonyl (C=O) groups excluding carboxylic acids is 1. The highest BCUT2D eigenvalue weighted by Crippen LogP contribution is 2.12. The van der Waals surface area contributed by atoms with Crippen molar-refractivity contribution in [1.82, 2.24) is 5.32 Å². The van der Waals surface area contributed by atoms with Crippen LogP contribution in [-0.4, -0.2) is 23.5 Å². The summed E-state index contributed by atoms with van der Waals surface area (Å²) in [5, 5.41) is 12.3. The lowest BCUT2D eigenvalue weighted by Gasteiger charge is -2.15. The minimum atomic E-state index is -0.884. The molecule has 4 nitrogen and oxygen atoms in total. The lowest BCUT2D eigenvalue weighted by atomic mass is 9.97. The predicted molar refractivity (Wildman–Crippen MR) is 74.4 cm³/mol. The zero-order chi connectivity index (χ0) is 14.4. The van der Waals surface area contributed by atoms with Crippen LogP contribution in [0.4, 0.5) is 0 Å². The molecule has 1 aromatic rings. The van der Waals surface area contributed by atoms with Crippen molar-refractivity contribution in [3.8, 4) is 0 Å². The van der Waals surface area contributed by atoms with Crippen LogP contribution < -0.4 is 5.32 Å². The molecule has 0 aliphatic heterocycles. The fourth-order valence-electron chi connectivity index (χ4n) is 1.76. The Morgan fingerprint density at radius 3 is 2.32 bits per heavy atom. The van der Waals surface area contributed by atoms with Crippen molar-refractivity contribution in [3.63, 3.8) is 0 Å². The number of hydrogen-bond acceptors (Lipinski definition) is 2. The molecule has 0 bridgehead atoms. The molecule has 1 rings (SSSR count). The van der Waals surface area contributed by atoms with Crippen LogP contribution in [0.25, 0.3) is 0 Å². The van der Waals surface area contributed by atoms with Gasteiger partial charge < -0.3 is 10.4 Å². The largest absolute Gasteiger partial charge is 0.481 e. The lowest BCUT2D eigenvalue weighted by molar-refractivity contribution is -0.142. The third kappa shape index (κ3) is 5.30. The van der Waals surface area contributed by atoms with Crippen LogP contribution >= 0.6 is 11.6 Å². The van der Waals surface area contributed by atoms with Gasteiger partial charge in [-0.2, -0.15) is 0 Å². The molecular formula is C14H18ClNO3. The zero-order valence-corrected chi connectivity index (χ0v) is 11.8. The van der Waals surface area contributed by atoms with Crippen molar-refractivity contribution in [2.75, 3.05) is 6.54 Å². The van der Waals surface area contributed by atoms with Crippen LogP contribution in [0.5, 0.6) is 0 Å². The Bertz CT molecular complexity index is 443. The maximum Gasteiger partial charge on any atom is 0.308 e. The van der Waals surface area contributed by atoms with Crippen LogP contribution in [0.2, 0.25) is 5.02 Å². The van der Waals surface area contributed by atoms with Crippen molar-refractivity contribution in [1.29, 1.82) is 0 Å². The fraction of sp³-hybridized carbons (Fsp3) is 0.429. The van der Waals surface area contributed by atoms with Crippen molar-refractivity contribution in [3.05, 3.63) is 34.9 Å². The molecule has 1 amide bonds. The normalized spacial score (nSPS) is 12.2. The van der Waals surface area contributed by atoms with Gasteiger partial charge in [0.2, 0.25) is 0 Å². The van der Waals surface area contributed by atoms with E-state index in [0.29, 0.717) is 17.0 Å². The summed E-state index contributed by atoms with van der Waals surface area (Å²) in [6, 6.07) is 6.46. The van der Waals surface area contributed by atoms with Crippen LogP contribution in [0.3, 0.4) is 0 Å². The lowest BCUT2D eigenvalue weighted by Crippen LogP contribution is -2.33. The van der Waals surface area contributed by atoms with Crippen LogP contribution in [0, 0.1) is 11.8 Å². The molecule has 0 aromatic heterocycles. The first kappa shape index (κ1) is 15.5. The molecule has 1 atom stereocenters. The van der Waals surface area contributed by atoms with Crippen molar-refractivity contribution >= 4 is 23.5 Å². The first-order valence-electron chi connectivity index (χ1n) is 6.16. The van der Waals surface area contributed by atoms with Crippen molar-refractivity contribution < 1.29 is 14.7 Å². The summed E-state index contributed by atoms with van der Waals surface area (Å²) in [5.74, 6) is -1.46. The second kappa shape index (κ2) is 7.14. The number of aliphatic carboxylic acids is 1. The molecule has 19 heavy (non-hydrogen) atoms. The number of halogens is 1. The first-order chi connectivity index (χ1) is 8.90. The highest BCUT2D eigenvalue weighted by atomic mass is 35.5. The quantitative estimate of drug-likeness (QED) is 0.844. The summed E-state index contributed by atoms with van der Waals surface area (Å²) in [4.78, 5) is 22.9. The summed E-state index contributed by atoms with van der Waals surface area (Å²) in [6.45, 7) is 4.04. The molecule has 0 aliphatic rings. The summed E-state index contributed by atoms with van der Waals surface area (Å²) in [5.41, 5.74) is 0.470. The van der Waals surface area contributed by atoms with E-state index in [1.165, 1.54) is 0 Å². The second-order valence-corrected chi connectivity index (χ2v) is 5.32. The summed E-state index contributed by atoms with van der Waals surface area (Å²) in [6.07, 6.45) is 0.538. The standard InChI is InChI=1S/C14H18ClNO3/c1-9(2)7-11(14(18)19)8-16-13(17)10-3-5-12(15)6-4-10/h3-6,9,11H,7-8H2,1-2H3,(H,16,17)(H,18,19). The highest BCUT2D eigenvalue weighted by Gasteiger charge is 2.19. The molecule has 0 fully saturated rings. The van der Waals surface area contributed by atoms with E-state index in [1.54, 1.807) is 24.3 Å². The molecule has 1 aromatic carbocycles. The third-order valence-electron chi connectivity index (χ3n) is 2.72. The van der Waals surface area contributed by atoms with E-state index in [1.807, 2.05) is 13.8 Å². The van der Waals surface area contributed by atoms with Gasteiger partial charge in [-0.1, -0.05) is 25.4 Å². The van der Waals surface area contributed by atoms with Gasteiger partial charge in [0.05, 0.1) is 5.92 Å². The van der Waals surface area contributed by atoms with E-state index < -0.39 is 11.9 Å². The number of amides is 1. The van der Waals surface area contributed by atoms with Crippen LogP contribution in [0.15, 0.2) is 24.3 Å². The third-order valence-corrected chi connectivity index (χ3v) is 2.97. The molecule has 104 valence electrons. The van der Waals surface area contributed by atoms with E-state index in [4.69, 9.17) is 16.7 Å². The smallest absolute Gasteiger partial charge is 0.308 e. The Labute approximate surface area is 117 Å². The molecule has 0 spiro atoms. The minimum Gasteiger partial charge on any atom is -0.481 e. The Morgan fingerprint density at radius 2 is 1.84 bits per heavy atom. The van der Waals surface area contributed by atoms with E-state index in [2.05, 4.69) is 5.32 Å². The number of carbonyl (C=O) groups is 2. The van der Waals surface area contributed by atoms with Gasteiger partial charge in [0.25, 0.3) is 5.91 Å². The maximum atomic E-state index is 11.8. The molecule has 0 saturated carbocycles. The van der Waals surface area contributed by atoms with Gasteiger partial charge in [-0.3, -0.25) is 9.59 Å². The van der Waals surface area contributed by atoms with E-state index in [9.17, 15) is 9.59 Å². The first-order valence-corrected chi connectivity index (χ1v) is 6.54. The van der Waals surface area contributed by atoms with Gasteiger partial charge in [0.1, 0.15) is 0 Å². The highest BCUT2D eigenvalue weighted by molar-refractivity contribution is 6.30. The molecule has 2 N–H and O–H groups in total. The minimum absolute atomic E-state index is 0.134. The van der Waals surface area contributed by atoms with Gasteiger partial charge in [0.15, 0.2) is 0 Å². The van der Waals surface area contributed by atoms with Gasteiger partial charge in [-0.15, -0.1) is 0 Å². The van der Waals surface area contributed by atoms with Gasteiger partial charge in [-0.25, -0.2) is 0 Å². The Hall–Kier alpha value is -1.55.